The van der Waals surface area contributed by atoms with Crippen LogP contribution in [0.15, 0.2) is 0 Å². The summed E-state index contributed by atoms with van der Waals surface area (Å²) in [6, 6.07) is 0. The van der Waals surface area contributed by atoms with Gasteiger partial charge in [-0.15, -0.1) is 0 Å². The molecule has 0 rings (SSSR count). The molecule has 0 aromatic carbocycles. The molecule has 0 heterocycles. The van der Waals surface area contributed by atoms with E-state index in [1.54, 1.807) is 0 Å². The van der Waals surface area contributed by atoms with Gasteiger partial charge >= 0.3 is 207 Å². The van der Waals surface area contributed by atoms with E-state index in [4.69, 9.17) is 0 Å². The van der Waals surface area contributed by atoms with E-state index >= 15 is 0 Å². The third kappa shape index (κ3) is 2.14. The van der Waals surface area contributed by atoms with Crippen LogP contribution in [-0.4, -0.2) is 23.8 Å². The molecule has 0 atom stereocenters. The van der Waals surface area contributed by atoms with E-state index in [2.05, 4.69) is 0 Å². The predicted molar refractivity (Wildman–Crippen MR) is 42.0 cm³/mol. The largest absolute Gasteiger partial charge is 1.00 e. The SMILES string of the molecule is O=[N+]([O-])[Co-3]([N+](=O)[O-])([N+](=O)[O-])([N+](=O)[O-])([N+](=O)[O-])[N+](=O)[O-].[K+].[Na+].[Na+]. The van der Waals surface area contributed by atoms with E-state index in [9.17, 15) is 60.7 Å². The van der Waals surface area contributed by atoms with Crippen LogP contribution in [0, 0.1) is 60.7 Å². The zero-order chi connectivity index (χ0) is 15.9. The van der Waals surface area contributed by atoms with E-state index in [0.717, 1.165) is 0 Å². The minimum Gasteiger partial charge on any atom is 1.00 e. The molecular formula is CoKN6Na2O12. The smallest absolute Gasteiger partial charge is 1.00 e. The predicted octanol–water partition coefficient (Wildman–Crippen LogP) is -10.6. The van der Waals surface area contributed by atoms with Gasteiger partial charge in [0, 0.05) is 0 Å². The molecule has 0 aromatic rings. The van der Waals surface area contributed by atoms with Crippen LogP contribution < -0.4 is 110 Å². The summed E-state index contributed by atoms with van der Waals surface area (Å²) in [6.45, 7) is 0. The fourth-order valence-electron chi connectivity index (χ4n) is 0.667. The molecular weight excluding hydrogens is 420 g/mol. The van der Waals surface area contributed by atoms with Crippen LogP contribution in [-0.2, 0) is 11.8 Å². The van der Waals surface area contributed by atoms with Crippen molar-refractivity contribution >= 4 is 0 Å². The van der Waals surface area contributed by atoms with E-state index in [1.807, 2.05) is 0 Å². The number of hydrogen-bond acceptors (Lipinski definition) is 12. The van der Waals surface area contributed by atoms with Gasteiger partial charge in [-0.3, -0.25) is 0 Å². The first-order valence-electron chi connectivity index (χ1n) is 3.09. The minimum absolute atomic E-state index is 0. The second-order valence-electron chi connectivity index (χ2n) is 2.18. The molecule has 0 fully saturated rings. The van der Waals surface area contributed by atoms with E-state index < -0.39 is 35.7 Å². The van der Waals surface area contributed by atoms with Gasteiger partial charge in [-0.05, 0) is 0 Å². The normalized spacial score (nSPS) is 12.5. The molecule has 0 amide bonds. The summed E-state index contributed by atoms with van der Waals surface area (Å²) in [5.41, 5.74) is 0. The molecule has 114 valence electrons. The standard InChI is InChI=1S/Co.K.6NO2.2Na/c;;6*2-1-3;;/q-3;+1;;;;;;;2*+1. The van der Waals surface area contributed by atoms with Gasteiger partial charge in [0.1, 0.15) is 0 Å². The Morgan fingerprint density at radius 2 is 0.545 bits per heavy atom. The van der Waals surface area contributed by atoms with Gasteiger partial charge in [0.2, 0.25) is 0 Å². The van der Waals surface area contributed by atoms with Crippen LogP contribution in [0.25, 0.3) is 0 Å². The Kier molecular flexibility index (Phi) is 11.2. The molecule has 0 saturated heterocycles. The zero-order valence-electron chi connectivity index (χ0n) is 10.9. The third-order valence-corrected chi connectivity index (χ3v) is 6.73. The maximum Gasteiger partial charge on any atom is 1.00 e. The van der Waals surface area contributed by atoms with Gasteiger partial charge in [-0.2, -0.15) is 0 Å². The number of rotatable bonds is 6. The molecule has 22 heteroatoms. The van der Waals surface area contributed by atoms with Crippen molar-refractivity contribution in [2.45, 2.75) is 0 Å². The minimum atomic E-state index is -10.3. The molecule has 0 aliphatic heterocycles. The van der Waals surface area contributed by atoms with Crippen molar-refractivity contribution in [3.63, 3.8) is 0 Å². The Morgan fingerprint density at radius 1 is 0.455 bits per heavy atom. The Bertz CT molecular complexity index is 441. The van der Waals surface area contributed by atoms with Crippen molar-refractivity contribution in [1.29, 1.82) is 0 Å². The van der Waals surface area contributed by atoms with Gasteiger partial charge in [0.15, 0.2) is 0 Å². The monoisotopic (exact) mass is 420 g/mol. The molecule has 0 saturated carbocycles. The van der Waals surface area contributed by atoms with E-state index in [1.165, 1.54) is 0 Å². The van der Waals surface area contributed by atoms with Gasteiger partial charge in [0.05, 0.1) is 0 Å². The number of hydrogen-bond donors (Lipinski definition) is 0. The van der Waals surface area contributed by atoms with Crippen LogP contribution in [0.4, 0.5) is 0 Å². The van der Waals surface area contributed by atoms with Crippen molar-refractivity contribution in [1.82, 2.24) is 0 Å². The maximum absolute atomic E-state index is 10.5. The van der Waals surface area contributed by atoms with Gasteiger partial charge in [0.25, 0.3) is 0 Å². The molecule has 0 aliphatic carbocycles. The van der Waals surface area contributed by atoms with Gasteiger partial charge < -0.3 is 0 Å². The van der Waals surface area contributed by atoms with Crippen molar-refractivity contribution in [2.24, 2.45) is 0 Å². The van der Waals surface area contributed by atoms with E-state index in [0.29, 0.717) is 0 Å². The number of nitro groups is 6. The first-order valence-corrected chi connectivity index (χ1v) is 5.88. The first kappa shape index (κ1) is 30.4. The first-order chi connectivity index (χ1) is 8.34. The summed E-state index contributed by atoms with van der Waals surface area (Å²) >= 11 is -10.3. The summed E-state index contributed by atoms with van der Waals surface area (Å²) < 4.78 is -19.6. The van der Waals surface area contributed by atoms with Crippen molar-refractivity contribution < 1.29 is 146 Å². The average Bonchev–Trinajstić information content (AvgIpc) is 2.15. The Morgan fingerprint density at radius 3 is 0.545 bits per heavy atom. The summed E-state index contributed by atoms with van der Waals surface area (Å²) in [6.07, 6.45) is 0. The summed E-state index contributed by atoms with van der Waals surface area (Å²) in [7, 11) is 0. The molecule has 18 nitrogen and oxygen atoms in total. The fourth-order valence-corrected chi connectivity index (χ4v) is 2.75. The maximum atomic E-state index is 10.5. The van der Waals surface area contributed by atoms with Crippen molar-refractivity contribution in [2.75, 3.05) is 0 Å². The molecule has 0 unspecified atom stereocenters. The zero-order valence-corrected chi connectivity index (χ0v) is 19.1. The van der Waals surface area contributed by atoms with Crippen LogP contribution in [0.3, 0.4) is 0 Å². The van der Waals surface area contributed by atoms with Crippen LogP contribution in [0.2, 0.25) is 0 Å². The molecule has 0 spiro atoms. The van der Waals surface area contributed by atoms with Crippen molar-refractivity contribution in [3.8, 4) is 0 Å². The average molecular weight is 420 g/mol. The van der Waals surface area contributed by atoms with Crippen molar-refractivity contribution in [3.05, 3.63) is 60.7 Å². The molecule has 0 aliphatic rings. The molecule has 0 N–H and O–H groups in total. The topological polar surface area (TPSA) is 259 Å². The summed E-state index contributed by atoms with van der Waals surface area (Å²) in [5.74, 6) is 0. The molecule has 0 bridgehead atoms. The van der Waals surface area contributed by atoms with Crippen LogP contribution in [0.5, 0.6) is 0 Å². The summed E-state index contributed by atoms with van der Waals surface area (Å²) in [4.78, 5) is 63.2. The fraction of sp³-hybridized carbons (Fsp3) is 0. The molecule has 22 heavy (non-hydrogen) atoms. The van der Waals surface area contributed by atoms with Crippen LogP contribution >= 0.6 is 0 Å². The summed E-state index contributed by atoms with van der Waals surface area (Å²) in [5, 5.41) is 63.2. The Labute approximate surface area is 203 Å². The second-order valence-corrected chi connectivity index (χ2v) is 7.58. The van der Waals surface area contributed by atoms with Crippen LogP contribution in [0.1, 0.15) is 0 Å². The Balaban J connectivity index is -0.000000540. The molecule has 0 aromatic heterocycles. The van der Waals surface area contributed by atoms with E-state index in [-0.39, 0.29) is 110 Å². The number of nitrogens with zero attached hydrogens (tertiary/aromatic N) is 6. The van der Waals surface area contributed by atoms with Gasteiger partial charge in [-0.1, -0.05) is 0 Å². The quantitative estimate of drug-likeness (QED) is 0.220. The second kappa shape index (κ2) is 8.08. The third-order valence-electron chi connectivity index (χ3n) is 1.63. The molecule has 0 radical (unpaired) electrons. The Hall–Kier alpha value is 0.543. The van der Waals surface area contributed by atoms with Gasteiger partial charge in [-0.25, -0.2) is 0 Å².